The van der Waals surface area contributed by atoms with E-state index in [1.165, 1.54) is 31.4 Å². The van der Waals surface area contributed by atoms with Crippen LogP contribution in [-0.2, 0) is 17.4 Å². The van der Waals surface area contributed by atoms with Crippen LogP contribution in [-0.4, -0.2) is 59.8 Å². The molecule has 1 amide bonds. The normalized spacial score (nSPS) is 19.9. The van der Waals surface area contributed by atoms with Gasteiger partial charge >= 0.3 is 6.18 Å². The molecule has 0 N–H and O–H groups in total. The Balaban J connectivity index is 1.29. The molecule has 6 nitrogen and oxygen atoms in total. The molecule has 1 aromatic heterocycles. The maximum atomic E-state index is 12.7. The summed E-state index contributed by atoms with van der Waals surface area (Å²) in [5.74, 6) is 1.63. The molecule has 9 heteroatoms. The van der Waals surface area contributed by atoms with Gasteiger partial charge in [0.2, 0.25) is 5.91 Å². The minimum Gasteiger partial charge on any atom is -0.352 e. The third kappa shape index (κ3) is 5.14. The average molecular weight is 448 g/mol. The molecule has 0 saturated carbocycles. The second-order valence-corrected chi connectivity index (χ2v) is 8.53. The van der Waals surface area contributed by atoms with Gasteiger partial charge in [0.25, 0.3) is 0 Å². The molecule has 3 heterocycles. The number of piperazine rings is 1. The Bertz CT molecular complexity index is 909. The molecule has 2 aliphatic rings. The molecule has 2 fully saturated rings. The van der Waals surface area contributed by atoms with Crippen molar-refractivity contribution >= 4 is 17.5 Å². The molecular formula is C23H28F3N5O. The number of rotatable bonds is 4. The fourth-order valence-corrected chi connectivity index (χ4v) is 4.36. The second kappa shape index (κ2) is 9.34. The van der Waals surface area contributed by atoms with Gasteiger partial charge in [-0.05, 0) is 56.0 Å². The van der Waals surface area contributed by atoms with Crippen molar-refractivity contribution in [2.75, 3.05) is 42.5 Å². The van der Waals surface area contributed by atoms with Crippen molar-refractivity contribution in [1.82, 2.24) is 15.1 Å². The van der Waals surface area contributed by atoms with Crippen molar-refractivity contribution in [1.29, 1.82) is 0 Å². The third-order valence-electron chi connectivity index (χ3n) is 6.33. The van der Waals surface area contributed by atoms with Crippen molar-refractivity contribution in [2.24, 2.45) is 0 Å². The van der Waals surface area contributed by atoms with Gasteiger partial charge in [0.05, 0.1) is 12.0 Å². The number of benzene rings is 1. The van der Waals surface area contributed by atoms with Crippen LogP contribution in [0.3, 0.4) is 0 Å². The number of hydrogen-bond acceptors (Lipinski definition) is 5. The molecule has 0 spiro atoms. The quantitative estimate of drug-likeness (QED) is 0.714. The summed E-state index contributed by atoms with van der Waals surface area (Å²) in [6.07, 6.45) is -0.667. The molecular weight excluding hydrogens is 419 g/mol. The number of piperidine rings is 1. The summed E-state index contributed by atoms with van der Waals surface area (Å²) in [7, 11) is 0. The molecule has 2 saturated heterocycles. The predicted molar refractivity (Wildman–Crippen MR) is 117 cm³/mol. The molecule has 2 aromatic rings. The van der Waals surface area contributed by atoms with E-state index in [2.05, 4.69) is 26.9 Å². The Morgan fingerprint density at radius 1 is 0.938 bits per heavy atom. The van der Waals surface area contributed by atoms with Crippen LogP contribution in [0.2, 0.25) is 0 Å². The fourth-order valence-electron chi connectivity index (χ4n) is 4.36. The molecule has 0 radical (unpaired) electrons. The summed E-state index contributed by atoms with van der Waals surface area (Å²) in [5.41, 5.74) is -0.122. The summed E-state index contributed by atoms with van der Waals surface area (Å²) in [5, 5.41) is 8.85. The van der Waals surface area contributed by atoms with Gasteiger partial charge in [-0.15, -0.1) is 10.2 Å². The summed E-state index contributed by atoms with van der Waals surface area (Å²) >= 11 is 0. The van der Waals surface area contributed by atoms with Crippen molar-refractivity contribution in [3.05, 3.63) is 47.5 Å². The Kier molecular flexibility index (Phi) is 6.53. The molecule has 172 valence electrons. The van der Waals surface area contributed by atoms with Crippen LogP contribution < -0.4 is 9.80 Å². The van der Waals surface area contributed by atoms with Crippen LogP contribution in [0.1, 0.15) is 37.3 Å². The van der Waals surface area contributed by atoms with Gasteiger partial charge in [0.1, 0.15) is 0 Å². The summed E-state index contributed by atoms with van der Waals surface area (Å²) < 4.78 is 38.1. The second-order valence-electron chi connectivity index (χ2n) is 8.53. The highest BCUT2D eigenvalue weighted by molar-refractivity contribution is 5.79. The lowest BCUT2D eigenvalue weighted by atomic mass is 10.0. The fraction of sp³-hybridized carbons (Fsp3) is 0.522. The molecule has 1 aromatic carbocycles. The van der Waals surface area contributed by atoms with E-state index in [1.54, 1.807) is 4.90 Å². The number of anilines is 2. The largest absolute Gasteiger partial charge is 0.416 e. The van der Waals surface area contributed by atoms with E-state index in [9.17, 15) is 18.0 Å². The molecule has 0 bridgehead atoms. The van der Waals surface area contributed by atoms with Crippen LogP contribution in [0.4, 0.5) is 24.8 Å². The van der Waals surface area contributed by atoms with Gasteiger partial charge in [0, 0.05) is 38.8 Å². The number of carbonyl (C=O) groups excluding carboxylic acids is 1. The van der Waals surface area contributed by atoms with E-state index < -0.39 is 11.7 Å². The first-order valence-corrected chi connectivity index (χ1v) is 11.1. The molecule has 0 aliphatic carbocycles. The summed E-state index contributed by atoms with van der Waals surface area (Å²) in [4.78, 5) is 18.8. The summed E-state index contributed by atoms with van der Waals surface area (Å²) in [6.45, 7) is 5.61. The maximum Gasteiger partial charge on any atom is 0.416 e. The van der Waals surface area contributed by atoms with Crippen LogP contribution in [0.25, 0.3) is 0 Å². The van der Waals surface area contributed by atoms with Crippen LogP contribution in [0.5, 0.6) is 0 Å². The topological polar surface area (TPSA) is 52.6 Å². The molecule has 4 rings (SSSR count). The Hall–Kier alpha value is -2.84. The van der Waals surface area contributed by atoms with Gasteiger partial charge in [-0.25, -0.2) is 0 Å². The number of halogens is 3. The zero-order valence-electron chi connectivity index (χ0n) is 18.2. The average Bonchev–Trinajstić information content (AvgIpc) is 2.79. The number of nitrogens with zero attached hydrogens (tertiary/aromatic N) is 5. The smallest absolute Gasteiger partial charge is 0.352 e. The monoisotopic (exact) mass is 447 g/mol. The molecule has 32 heavy (non-hydrogen) atoms. The minimum atomic E-state index is -4.37. The standard InChI is InChI=1S/C23H28F3N5O/c1-17-4-2-3-11-31(17)21-10-9-20(27-28-21)29-12-14-30(15-13-29)22(32)16-18-5-7-19(8-6-18)23(24,25)26/h5-10,17H,2-4,11-16H2,1H3. The summed E-state index contributed by atoms with van der Waals surface area (Å²) in [6, 6.07) is 9.27. The van der Waals surface area contributed by atoms with Gasteiger partial charge < -0.3 is 14.7 Å². The van der Waals surface area contributed by atoms with E-state index in [4.69, 9.17) is 0 Å². The van der Waals surface area contributed by atoms with Crippen molar-refractivity contribution in [3.63, 3.8) is 0 Å². The highest BCUT2D eigenvalue weighted by atomic mass is 19.4. The van der Waals surface area contributed by atoms with Gasteiger partial charge in [-0.3, -0.25) is 4.79 Å². The Morgan fingerprint density at radius 2 is 1.59 bits per heavy atom. The first-order chi connectivity index (χ1) is 15.3. The Labute approximate surface area is 186 Å². The Morgan fingerprint density at radius 3 is 2.19 bits per heavy atom. The number of amides is 1. The van der Waals surface area contributed by atoms with E-state index in [-0.39, 0.29) is 12.3 Å². The minimum absolute atomic E-state index is 0.0788. The number of alkyl halides is 3. The predicted octanol–water partition coefficient (Wildman–Crippen LogP) is 3.77. The van der Waals surface area contributed by atoms with Gasteiger partial charge in [-0.2, -0.15) is 13.2 Å². The number of aromatic nitrogens is 2. The SMILES string of the molecule is CC1CCCCN1c1ccc(N2CCN(C(=O)Cc3ccc(C(F)(F)F)cc3)CC2)nn1. The molecule has 1 atom stereocenters. The number of carbonyl (C=O) groups is 1. The maximum absolute atomic E-state index is 12.7. The van der Waals surface area contributed by atoms with E-state index in [0.29, 0.717) is 37.8 Å². The molecule has 1 unspecified atom stereocenters. The lowest BCUT2D eigenvalue weighted by Crippen LogP contribution is -2.49. The molecule has 2 aliphatic heterocycles. The van der Waals surface area contributed by atoms with E-state index >= 15 is 0 Å². The first-order valence-electron chi connectivity index (χ1n) is 11.1. The van der Waals surface area contributed by atoms with Crippen molar-refractivity contribution in [2.45, 2.75) is 44.8 Å². The zero-order chi connectivity index (χ0) is 22.7. The highest BCUT2D eigenvalue weighted by Crippen LogP contribution is 2.29. The van der Waals surface area contributed by atoms with E-state index in [0.717, 1.165) is 30.3 Å². The lowest BCUT2D eigenvalue weighted by Gasteiger charge is -2.36. The van der Waals surface area contributed by atoms with Crippen molar-refractivity contribution in [3.8, 4) is 0 Å². The van der Waals surface area contributed by atoms with Gasteiger partial charge in [-0.1, -0.05) is 12.1 Å². The lowest BCUT2D eigenvalue weighted by molar-refractivity contribution is -0.137. The zero-order valence-corrected chi connectivity index (χ0v) is 18.2. The van der Waals surface area contributed by atoms with Crippen LogP contribution >= 0.6 is 0 Å². The van der Waals surface area contributed by atoms with Gasteiger partial charge in [0.15, 0.2) is 11.6 Å². The van der Waals surface area contributed by atoms with Crippen molar-refractivity contribution < 1.29 is 18.0 Å². The van der Waals surface area contributed by atoms with Crippen LogP contribution in [0.15, 0.2) is 36.4 Å². The van der Waals surface area contributed by atoms with Crippen LogP contribution in [0, 0.1) is 0 Å². The van der Waals surface area contributed by atoms with E-state index in [1.807, 2.05) is 12.1 Å². The first kappa shape index (κ1) is 22.4. The third-order valence-corrected chi connectivity index (χ3v) is 6.33. The number of hydrogen-bond donors (Lipinski definition) is 0. The highest BCUT2D eigenvalue weighted by Gasteiger charge is 2.30.